The minimum atomic E-state index is -4.84. The first-order valence-electron chi connectivity index (χ1n) is 8.97. The summed E-state index contributed by atoms with van der Waals surface area (Å²) in [5.74, 6) is -2.51. The highest BCUT2D eigenvalue weighted by atomic mass is 19.4. The summed E-state index contributed by atoms with van der Waals surface area (Å²) >= 11 is 0. The van der Waals surface area contributed by atoms with Crippen LogP contribution in [0.3, 0.4) is 0 Å². The number of hydrogen-bond donors (Lipinski definition) is 0. The number of carbonyl (C=O) groups excluding carboxylic acids is 2. The molecule has 0 aliphatic rings. The number of nitro groups is 2. The van der Waals surface area contributed by atoms with E-state index < -0.39 is 62.3 Å². The van der Waals surface area contributed by atoms with Crippen molar-refractivity contribution in [1.82, 2.24) is 0 Å². The van der Waals surface area contributed by atoms with Crippen molar-refractivity contribution in [3.8, 4) is 11.5 Å². The number of alkyl halides is 3. The number of rotatable bonds is 7. The van der Waals surface area contributed by atoms with E-state index in [4.69, 9.17) is 4.74 Å². The Morgan fingerprint density at radius 3 is 2.12 bits per heavy atom. The van der Waals surface area contributed by atoms with Gasteiger partial charge in [0.15, 0.2) is 0 Å². The number of anilines is 1. The molecule has 0 aliphatic carbocycles. The Hall–Kier alpha value is -4.23. The van der Waals surface area contributed by atoms with Crippen molar-refractivity contribution in [2.24, 2.45) is 0 Å². The van der Waals surface area contributed by atoms with Gasteiger partial charge < -0.3 is 9.47 Å². The van der Waals surface area contributed by atoms with Crippen molar-refractivity contribution in [2.45, 2.75) is 26.1 Å². The van der Waals surface area contributed by atoms with E-state index in [0.29, 0.717) is 6.07 Å². The van der Waals surface area contributed by atoms with Gasteiger partial charge in [0.05, 0.1) is 22.5 Å². The lowest BCUT2D eigenvalue weighted by Gasteiger charge is -2.26. The number of nitrogens with zero attached hydrogens (tertiary/aromatic N) is 3. The van der Waals surface area contributed by atoms with Gasteiger partial charge in [0.25, 0.3) is 5.69 Å². The van der Waals surface area contributed by atoms with Crippen molar-refractivity contribution in [3.05, 3.63) is 62.2 Å². The van der Waals surface area contributed by atoms with Crippen LogP contribution in [0.15, 0.2) is 36.4 Å². The second-order valence-corrected chi connectivity index (χ2v) is 6.54. The van der Waals surface area contributed by atoms with Crippen LogP contribution in [0.2, 0.25) is 0 Å². The molecule has 14 heteroatoms. The molecule has 2 rings (SSSR count). The highest BCUT2D eigenvalue weighted by Gasteiger charge is 2.34. The average molecular weight is 471 g/mol. The molecular formula is C19H16F3N3O8. The quantitative estimate of drug-likeness (QED) is 0.332. The molecule has 33 heavy (non-hydrogen) atoms. The van der Waals surface area contributed by atoms with Crippen LogP contribution in [0.4, 0.5) is 30.2 Å². The van der Waals surface area contributed by atoms with Crippen LogP contribution in [0.1, 0.15) is 19.4 Å². The summed E-state index contributed by atoms with van der Waals surface area (Å²) in [4.78, 5) is 45.7. The number of methoxy groups -OCH3 is 1. The SMILES string of the molecule is COC(=O)C(C)N(C(C)=O)c1cc(Oc2ccc(C(F)(F)F)cc2[N+](=O)[O-])ccc1[N+](=O)[O-]. The third kappa shape index (κ3) is 5.53. The minimum absolute atomic E-state index is 0.276. The lowest BCUT2D eigenvalue weighted by Crippen LogP contribution is -2.43. The number of ether oxygens (including phenoxy) is 2. The lowest BCUT2D eigenvalue weighted by molar-refractivity contribution is -0.385. The standard InChI is InChI=1S/C19H16F3N3O8/c1-10(18(27)32-3)23(11(2)26)15-9-13(5-6-14(15)24(28)29)33-17-7-4-12(19(20,21)22)8-16(17)25(30)31/h4-10H,1-3H3. The van der Waals surface area contributed by atoms with E-state index in [-0.39, 0.29) is 11.8 Å². The summed E-state index contributed by atoms with van der Waals surface area (Å²) < 4.78 is 48.6. The van der Waals surface area contributed by atoms with Gasteiger partial charge in [-0.15, -0.1) is 0 Å². The van der Waals surface area contributed by atoms with Gasteiger partial charge in [0, 0.05) is 25.1 Å². The normalized spacial score (nSPS) is 11.9. The maximum absolute atomic E-state index is 12.9. The number of benzene rings is 2. The molecule has 1 amide bonds. The van der Waals surface area contributed by atoms with Gasteiger partial charge in [0.1, 0.15) is 17.5 Å². The Bertz CT molecular complexity index is 1120. The lowest BCUT2D eigenvalue weighted by atomic mass is 10.1. The van der Waals surface area contributed by atoms with E-state index in [1.165, 1.54) is 6.92 Å². The Labute approximate surface area is 183 Å². The fourth-order valence-electron chi connectivity index (χ4n) is 2.89. The van der Waals surface area contributed by atoms with E-state index >= 15 is 0 Å². The fraction of sp³-hybridized carbons (Fsp3) is 0.263. The minimum Gasteiger partial charge on any atom is -0.467 e. The largest absolute Gasteiger partial charge is 0.467 e. The van der Waals surface area contributed by atoms with Crippen LogP contribution in [0.25, 0.3) is 0 Å². The zero-order chi connectivity index (χ0) is 25.1. The van der Waals surface area contributed by atoms with E-state index in [2.05, 4.69) is 4.74 Å². The fourth-order valence-corrected chi connectivity index (χ4v) is 2.89. The Morgan fingerprint density at radius 2 is 1.64 bits per heavy atom. The monoisotopic (exact) mass is 471 g/mol. The van der Waals surface area contributed by atoms with Crippen LogP contribution in [0.5, 0.6) is 11.5 Å². The number of nitro benzene ring substituents is 2. The summed E-state index contributed by atoms with van der Waals surface area (Å²) in [6.07, 6.45) is -4.84. The smallest absolute Gasteiger partial charge is 0.416 e. The first kappa shape index (κ1) is 25.0. The molecule has 2 aromatic carbocycles. The number of carbonyl (C=O) groups is 2. The third-order valence-corrected chi connectivity index (χ3v) is 4.38. The van der Waals surface area contributed by atoms with Crippen molar-refractivity contribution in [2.75, 3.05) is 12.0 Å². The molecule has 0 heterocycles. The molecule has 0 N–H and O–H groups in total. The van der Waals surface area contributed by atoms with Gasteiger partial charge in [0.2, 0.25) is 11.7 Å². The highest BCUT2D eigenvalue weighted by Crippen LogP contribution is 2.40. The summed E-state index contributed by atoms with van der Waals surface area (Å²) in [6.45, 7) is 2.29. The number of esters is 1. The summed E-state index contributed by atoms with van der Waals surface area (Å²) in [6, 6.07) is 3.19. The van der Waals surface area contributed by atoms with Crippen molar-refractivity contribution < 1.29 is 42.1 Å². The van der Waals surface area contributed by atoms with Gasteiger partial charge in [-0.1, -0.05) is 0 Å². The van der Waals surface area contributed by atoms with Crippen LogP contribution in [-0.2, 0) is 20.5 Å². The predicted octanol–water partition coefficient (Wildman–Crippen LogP) is 4.23. The second kappa shape index (κ2) is 9.50. The first-order chi connectivity index (χ1) is 15.3. The van der Waals surface area contributed by atoms with E-state index in [9.17, 15) is 43.0 Å². The molecular weight excluding hydrogens is 455 g/mol. The molecule has 0 bridgehead atoms. The third-order valence-electron chi connectivity index (χ3n) is 4.38. The predicted molar refractivity (Wildman–Crippen MR) is 106 cm³/mol. The van der Waals surface area contributed by atoms with Gasteiger partial charge in [-0.05, 0) is 25.1 Å². The van der Waals surface area contributed by atoms with Gasteiger partial charge in [-0.2, -0.15) is 13.2 Å². The van der Waals surface area contributed by atoms with Gasteiger partial charge >= 0.3 is 17.8 Å². The van der Waals surface area contributed by atoms with Crippen molar-refractivity contribution >= 4 is 28.9 Å². The number of hydrogen-bond acceptors (Lipinski definition) is 8. The molecule has 0 radical (unpaired) electrons. The zero-order valence-corrected chi connectivity index (χ0v) is 17.3. The Morgan fingerprint density at radius 1 is 1.03 bits per heavy atom. The zero-order valence-electron chi connectivity index (χ0n) is 17.3. The summed E-state index contributed by atoms with van der Waals surface area (Å²) in [7, 11) is 1.05. The topological polar surface area (TPSA) is 142 Å². The van der Waals surface area contributed by atoms with Crippen LogP contribution < -0.4 is 9.64 Å². The van der Waals surface area contributed by atoms with Crippen molar-refractivity contribution in [1.29, 1.82) is 0 Å². The first-order valence-corrected chi connectivity index (χ1v) is 8.97. The molecule has 176 valence electrons. The molecule has 0 saturated heterocycles. The maximum atomic E-state index is 12.9. The van der Waals surface area contributed by atoms with E-state index in [0.717, 1.165) is 43.2 Å². The van der Waals surface area contributed by atoms with Gasteiger partial charge in [-0.25, -0.2) is 4.79 Å². The summed E-state index contributed by atoms with van der Waals surface area (Å²) in [5, 5.41) is 22.7. The second-order valence-electron chi connectivity index (χ2n) is 6.54. The molecule has 0 aromatic heterocycles. The Balaban J connectivity index is 2.60. The van der Waals surface area contributed by atoms with E-state index in [1.807, 2.05) is 0 Å². The molecule has 1 atom stereocenters. The van der Waals surface area contributed by atoms with Crippen LogP contribution in [-0.4, -0.2) is 34.9 Å². The molecule has 1 unspecified atom stereocenters. The molecule has 0 fully saturated rings. The van der Waals surface area contributed by atoms with Crippen LogP contribution in [0, 0.1) is 20.2 Å². The van der Waals surface area contributed by atoms with Crippen molar-refractivity contribution in [3.63, 3.8) is 0 Å². The van der Waals surface area contributed by atoms with E-state index in [1.54, 1.807) is 0 Å². The number of halogens is 3. The molecule has 0 aliphatic heterocycles. The maximum Gasteiger partial charge on any atom is 0.416 e. The summed E-state index contributed by atoms with van der Waals surface area (Å²) in [5.41, 5.74) is -3.27. The molecule has 2 aromatic rings. The average Bonchev–Trinajstić information content (AvgIpc) is 2.72. The molecule has 11 nitrogen and oxygen atoms in total. The number of amides is 1. The Kier molecular flexibility index (Phi) is 7.21. The van der Waals surface area contributed by atoms with Gasteiger partial charge in [-0.3, -0.25) is 29.9 Å². The van der Waals surface area contributed by atoms with Crippen LogP contribution >= 0.6 is 0 Å². The molecule has 0 saturated carbocycles. The highest BCUT2D eigenvalue weighted by molar-refractivity contribution is 6.00. The molecule has 0 spiro atoms.